The van der Waals surface area contributed by atoms with Gasteiger partial charge in [0.15, 0.2) is 5.78 Å². The van der Waals surface area contributed by atoms with Crippen LogP contribution in [0.2, 0.25) is 0 Å². The molecule has 0 radical (unpaired) electrons. The number of nitrogens with two attached hydrogens (primary N) is 1. The smallest absolute Gasteiger partial charge is 0.191 e. The highest BCUT2D eigenvalue weighted by molar-refractivity contribution is 6.07. The highest BCUT2D eigenvalue weighted by Crippen LogP contribution is 2.28. The van der Waals surface area contributed by atoms with Crippen LogP contribution >= 0.6 is 0 Å². The van der Waals surface area contributed by atoms with Crippen molar-refractivity contribution >= 4 is 11.6 Å². The molecule has 0 atom stereocenters. The fourth-order valence-corrected chi connectivity index (χ4v) is 2.70. The molecule has 0 amide bonds. The minimum absolute atomic E-state index is 0.124. The fourth-order valence-electron chi connectivity index (χ4n) is 2.70. The molecule has 3 aromatic rings. The lowest BCUT2D eigenvalue weighted by atomic mass is 10.0. The monoisotopic (exact) mass is 373 g/mol. The number of carbonyl (C=O) groups is 1. The van der Waals surface area contributed by atoms with Crippen molar-refractivity contribution in [1.29, 1.82) is 0 Å². The Kier molecular flexibility index (Phi) is 6.07. The summed E-state index contributed by atoms with van der Waals surface area (Å²) in [5.74, 6) is 0.853. The van der Waals surface area contributed by atoms with E-state index >= 15 is 0 Å². The number of anilines is 1. The molecule has 3 rings (SSSR count). The summed E-state index contributed by atoms with van der Waals surface area (Å²) in [7, 11) is 3.74. The van der Waals surface area contributed by atoms with E-state index in [1.807, 2.05) is 73.6 Å². The number of ketones is 1. The van der Waals surface area contributed by atoms with Gasteiger partial charge in [0.25, 0.3) is 0 Å². The Balaban J connectivity index is 1.94. The Labute approximate surface area is 165 Å². The molecular formula is C23H23N3O2. The first kappa shape index (κ1) is 19.2. The first-order valence-corrected chi connectivity index (χ1v) is 8.94. The number of allylic oxidation sites excluding steroid dienone is 1. The Morgan fingerprint density at radius 3 is 2.54 bits per heavy atom. The molecule has 142 valence electrons. The maximum atomic E-state index is 12.8. The molecule has 2 N–H and O–H groups in total. The summed E-state index contributed by atoms with van der Waals surface area (Å²) in [6.07, 6.45) is 4.91. The SMILES string of the molecule is CN(C)/C=C/C(=O)c1cc(-c2ccnc(N)c2)ccc1OCc1ccccc1. The van der Waals surface area contributed by atoms with E-state index in [-0.39, 0.29) is 5.78 Å². The molecule has 0 bridgehead atoms. The molecule has 0 saturated heterocycles. The lowest BCUT2D eigenvalue weighted by molar-refractivity contribution is 0.104. The van der Waals surface area contributed by atoms with E-state index in [1.165, 1.54) is 6.08 Å². The van der Waals surface area contributed by atoms with Gasteiger partial charge in [-0.05, 0) is 41.0 Å². The van der Waals surface area contributed by atoms with E-state index in [4.69, 9.17) is 10.5 Å². The molecule has 5 heteroatoms. The van der Waals surface area contributed by atoms with Crippen LogP contribution in [0.3, 0.4) is 0 Å². The number of aromatic nitrogens is 1. The zero-order valence-electron chi connectivity index (χ0n) is 16.0. The summed E-state index contributed by atoms with van der Waals surface area (Å²) in [6, 6.07) is 19.1. The van der Waals surface area contributed by atoms with E-state index < -0.39 is 0 Å². The van der Waals surface area contributed by atoms with Crippen LogP contribution in [0.15, 0.2) is 79.1 Å². The topological polar surface area (TPSA) is 68.5 Å². The van der Waals surface area contributed by atoms with E-state index in [2.05, 4.69) is 4.98 Å². The zero-order valence-corrected chi connectivity index (χ0v) is 16.0. The van der Waals surface area contributed by atoms with Gasteiger partial charge in [0, 0.05) is 32.6 Å². The predicted octanol–water partition coefficient (Wildman–Crippen LogP) is 4.17. The summed E-state index contributed by atoms with van der Waals surface area (Å²) >= 11 is 0. The van der Waals surface area contributed by atoms with Crippen molar-refractivity contribution in [3.8, 4) is 16.9 Å². The van der Waals surface area contributed by atoms with E-state index in [9.17, 15) is 4.79 Å². The van der Waals surface area contributed by atoms with Crippen molar-refractivity contribution in [3.63, 3.8) is 0 Å². The molecule has 1 heterocycles. The lowest BCUT2D eigenvalue weighted by Crippen LogP contribution is -2.06. The van der Waals surface area contributed by atoms with Gasteiger partial charge in [0.1, 0.15) is 18.2 Å². The standard InChI is InChI=1S/C23H23N3O2/c1-26(2)13-11-21(27)20-14-18(19-10-12-25-23(24)15-19)8-9-22(20)28-16-17-6-4-3-5-7-17/h3-15H,16H2,1-2H3,(H2,24,25)/b13-11+. The minimum Gasteiger partial charge on any atom is -0.488 e. The van der Waals surface area contributed by atoms with Crippen molar-refractivity contribution in [2.45, 2.75) is 6.61 Å². The molecule has 0 unspecified atom stereocenters. The van der Waals surface area contributed by atoms with Crippen LogP contribution in [0, 0.1) is 0 Å². The molecule has 2 aromatic carbocycles. The van der Waals surface area contributed by atoms with E-state index in [0.717, 1.165) is 16.7 Å². The van der Waals surface area contributed by atoms with Gasteiger partial charge in [0.05, 0.1) is 5.56 Å². The maximum absolute atomic E-state index is 12.8. The van der Waals surface area contributed by atoms with Gasteiger partial charge in [0.2, 0.25) is 0 Å². The van der Waals surface area contributed by atoms with E-state index in [1.54, 1.807) is 18.5 Å². The molecule has 0 spiro atoms. The molecule has 0 fully saturated rings. The quantitative estimate of drug-likeness (QED) is 0.497. The summed E-state index contributed by atoms with van der Waals surface area (Å²) in [6.45, 7) is 0.389. The van der Waals surface area contributed by atoms with Crippen LogP contribution in [0.1, 0.15) is 15.9 Å². The van der Waals surface area contributed by atoms with Crippen LogP contribution in [0.4, 0.5) is 5.82 Å². The minimum atomic E-state index is -0.124. The van der Waals surface area contributed by atoms with Gasteiger partial charge >= 0.3 is 0 Å². The van der Waals surface area contributed by atoms with Crippen LogP contribution < -0.4 is 10.5 Å². The summed E-state index contributed by atoms with van der Waals surface area (Å²) in [5.41, 5.74) is 9.11. The van der Waals surface area contributed by atoms with Crippen molar-refractivity contribution in [2.24, 2.45) is 0 Å². The first-order valence-electron chi connectivity index (χ1n) is 8.94. The predicted molar refractivity (Wildman–Crippen MR) is 112 cm³/mol. The Morgan fingerprint density at radius 2 is 1.82 bits per heavy atom. The maximum Gasteiger partial charge on any atom is 0.191 e. The number of pyridine rings is 1. The first-order chi connectivity index (χ1) is 13.5. The largest absolute Gasteiger partial charge is 0.488 e. The highest BCUT2D eigenvalue weighted by Gasteiger charge is 2.13. The Morgan fingerprint density at radius 1 is 1.07 bits per heavy atom. The van der Waals surface area contributed by atoms with Crippen LogP contribution in [0.25, 0.3) is 11.1 Å². The third kappa shape index (κ3) is 4.98. The highest BCUT2D eigenvalue weighted by atomic mass is 16.5. The third-order valence-corrected chi connectivity index (χ3v) is 4.12. The second-order valence-electron chi connectivity index (χ2n) is 6.60. The van der Waals surface area contributed by atoms with Crippen LogP contribution in [-0.4, -0.2) is 29.8 Å². The van der Waals surface area contributed by atoms with E-state index in [0.29, 0.717) is 23.7 Å². The van der Waals surface area contributed by atoms with Gasteiger partial charge in [-0.2, -0.15) is 0 Å². The second-order valence-corrected chi connectivity index (χ2v) is 6.60. The number of nitrogens with zero attached hydrogens (tertiary/aromatic N) is 2. The Hall–Kier alpha value is -3.60. The number of nitrogen functional groups attached to an aromatic ring is 1. The fraction of sp³-hybridized carbons (Fsp3) is 0.130. The second kappa shape index (κ2) is 8.86. The van der Waals surface area contributed by atoms with Gasteiger partial charge in [-0.15, -0.1) is 0 Å². The molecule has 28 heavy (non-hydrogen) atoms. The van der Waals surface area contributed by atoms with Crippen LogP contribution in [0.5, 0.6) is 5.75 Å². The molecule has 0 aliphatic carbocycles. The summed E-state index contributed by atoms with van der Waals surface area (Å²) in [5, 5.41) is 0. The van der Waals surface area contributed by atoms with Crippen molar-refractivity contribution in [1.82, 2.24) is 9.88 Å². The number of benzene rings is 2. The van der Waals surface area contributed by atoms with Gasteiger partial charge in [-0.25, -0.2) is 4.98 Å². The molecule has 0 saturated carbocycles. The molecule has 0 aliphatic rings. The number of ether oxygens (including phenoxy) is 1. The average molecular weight is 373 g/mol. The average Bonchev–Trinajstić information content (AvgIpc) is 2.71. The molecule has 5 nitrogen and oxygen atoms in total. The van der Waals surface area contributed by atoms with Crippen molar-refractivity contribution < 1.29 is 9.53 Å². The Bertz CT molecular complexity index is 982. The van der Waals surface area contributed by atoms with Gasteiger partial charge in [-0.1, -0.05) is 36.4 Å². The molecule has 1 aromatic heterocycles. The van der Waals surface area contributed by atoms with Crippen LogP contribution in [-0.2, 0) is 6.61 Å². The van der Waals surface area contributed by atoms with Crippen molar-refractivity contribution in [2.75, 3.05) is 19.8 Å². The number of hydrogen-bond acceptors (Lipinski definition) is 5. The number of rotatable bonds is 7. The summed E-state index contributed by atoms with van der Waals surface area (Å²) < 4.78 is 5.96. The van der Waals surface area contributed by atoms with Gasteiger partial charge < -0.3 is 15.4 Å². The molecular weight excluding hydrogens is 350 g/mol. The van der Waals surface area contributed by atoms with Gasteiger partial charge in [-0.3, -0.25) is 4.79 Å². The zero-order chi connectivity index (χ0) is 19.9. The third-order valence-electron chi connectivity index (χ3n) is 4.12. The summed E-state index contributed by atoms with van der Waals surface area (Å²) in [4.78, 5) is 18.6. The molecule has 0 aliphatic heterocycles. The van der Waals surface area contributed by atoms with Crippen molar-refractivity contribution in [3.05, 3.63) is 90.3 Å². The lowest BCUT2D eigenvalue weighted by Gasteiger charge is -2.13. The normalized spacial score (nSPS) is 10.8. The number of carbonyl (C=O) groups excluding carboxylic acids is 1. The number of hydrogen-bond donors (Lipinski definition) is 1.